The number of anilines is 1. The van der Waals surface area contributed by atoms with Gasteiger partial charge in [0.2, 0.25) is 15.9 Å². The summed E-state index contributed by atoms with van der Waals surface area (Å²) in [5.41, 5.74) is -0.214. The number of benzene rings is 1. The summed E-state index contributed by atoms with van der Waals surface area (Å²) in [5.74, 6) is -1.18. The predicted octanol–water partition coefficient (Wildman–Crippen LogP) is -0.0268. The average molecular weight is 275 g/mol. The van der Waals surface area contributed by atoms with Gasteiger partial charge in [0.25, 0.3) is 0 Å². The van der Waals surface area contributed by atoms with E-state index in [-0.39, 0.29) is 17.1 Å². The topological polar surface area (TPSA) is 92.5 Å². The quantitative estimate of drug-likeness (QED) is 0.807. The minimum Gasteiger partial charge on any atom is -0.322 e. The molecule has 1 aromatic rings. The maximum atomic E-state index is 13.4. The minimum atomic E-state index is -3.93. The van der Waals surface area contributed by atoms with Crippen molar-refractivity contribution in [2.24, 2.45) is 5.14 Å². The molecule has 0 bridgehead atoms. The smallest absolute Gasteiger partial charge is 0.238 e. The number of sulfonamides is 1. The highest BCUT2D eigenvalue weighted by molar-refractivity contribution is 7.89. The molecule has 1 amide bonds. The summed E-state index contributed by atoms with van der Waals surface area (Å²) in [5, 5.41) is 7.19. The van der Waals surface area contributed by atoms with Gasteiger partial charge in [-0.15, -0.1) is 0 Å². The van der Waals surface area contributed by atoms with E-state index in [4.69, 9.17) is 5.14 Å². The number of nitrogens with zero attached hydrogens (tertiary/aromatic N) is 1. The Balaban J connectivity index is 2.99. The Morgan fingerprint density at radius 1 is 1.44 bits per heavy atom. The number of primary sulfonamides is 1. The molecule has 0 radical (unpaired) electrons. The molecule has 0 saturated carbocycles. The summed E-state index contributed by atoms with van der Waals surface area (Å²) >= 11 is 0. The van der Waals surface area contributed by atoms with E-state index in [2.05, 4.69) is 5.32 Å². The van der Waals surface area contributed by atoms with Gasteiger partial charge in [-0.05, 0) is 32.3 Å². The van der Waals surface area contributed by atoms with Crippen LogP contribution in [0.1, 0.15) is 0 Å². The second-order valence-corrected chi connectivity index (χ2v) is 5.53. The largest absolute Gasteiger partial charge is 0.322 e. The fraction of sp³-hybridized carbons (Fsp3) is 0.300. The van der Waals surface area contributed by atoms with Gasteiger partial charge in [0.15, 0.2) is 0 Å². The molecule has 1 aromatic carbocycles. The number of hydrogen-bond donors (Lipinski definition) is 2. The van der Waals surface area contributed by atoms with Crippen LogP contribution in [0, 0.1) is 5.82 Å². The Bertz CT molecular complexity index is 557. The Kier molecular flexibility index (Phi) is 4.38. The lowest BCUT2D eigenvalue weighted by Crippen LogP contribution is -2.27. The summed E-state index contributed by atoms with van der Waals surface area (Å²) < 4.78 is 35.6. The first-order valence-electron chi connectivity index (χ1n) is 4.97. The summed E-state index contributed by atoms with van der Waals surface area (Å²) in [6.45, 7) is 0.0546. The van der Waals surface area contributed by atoms with Crippen molar-refractivity contribution in [2.75, 3.05) is 26.0 Å². The van der Waals surface area contributed by atoms with E-state index in [1.54, 1.807) is 19.0 Å². The number of amides is 1. The Morgan fingerprint density at radius 2 is 2.06 bits per heavy atom. The van der Waals surface area contributed by atoms with Crippen molar-refractivity contribution in [1.82, 2.24) is 4.90 Å². The number of likely N-dealkylation sites (N-methyl/N-ethyl adjacent to an activating group) is 1. The summed E-state index contributed by atoms with van der Waals surface area (Å²) in [4.78, 5) is 12.8. The number of nitrogens with one attached hydrogen (secondary N) is 1. The van der Waals surface area contributed by atoms with Crippen molar-refractivity contribution in [3.8, 4) is 0 Å². The third-order valence-electron chi connectivity index (χ3n) is 2.00. The van der Waals surface area contributed by atoms with Crippen LogP contribution in [-0.4, -0.2) is 39.9 Å². The van der Waals surface area contributed by atoms with Crippen LogP contribution >= 0.6 is 0 Å². The molecule has 0 aliphatic carbocycles. The molecule has 0 saturated heterocycles. The van der Waals surface area contributed by atoms with Crippen LogP contribution in [0.5, 0.6) is 0 Å². The standard InChI is InChI=1S/C10H14FN3O3S/c1-14(2)6-10(15)13-9-5-7(18(12,16)17)3-4-8(9)11/h3-5H,6H2,1-2H3,(H,13,15)(H2,12,16,17). The van der Waals surface area contributed by atoms with Gasteiger partial charge in [0.1, 0.15) is 5.82 Å². The van der Waals surface area contributed by atoms with Gasteiger partial charge in [-0.25, -0.2) is 17.9 Å². The summed E-state index contributed by atoms with van der Waals surface area (Å²) in [6, 6.07) is 2.95. The highest BCUT2D eigenvalue weighted by atomic mass is 32.2. The zero-order valence-corrected chi connectivity index (χ0v) is 10.8. The van der Waals surface area contributed by atoms with Gasteiger partial charge in [-0.1, -0.05) is 0 Å². The minimum absolute atomic E-state index is 0.0546. The van der Waals surface area contributed by atoms with Crippen molar-refractivity contribution in [1.29, 1.82) is 0 Å². The van der Waals surface area contributed by atoms with Crippen molar-refractivity contribution >= 4 is 21.6 Å². The van der Waals surface area contributed by atoms with Crippen LogP contribution in [0.2, 0.25) is 0 Å². The monoisotopic (exact) mass is 275 g/mol. The number of nitrogens with two attached hydrogens (primary N) is 1. The molecule has 0 aliphatic rings. The molecule has 100 valence electrons. The van der Waals surface area contributed by atoms with Crippen molar-refractivity contribution < 1.29 is 17.6 Å². The van der Waals surface area contributed by atoms with Crippen LogP contribution < -0.4 is 10.5 Å². The molecule has 0 heterocycles. The third-order valence-corrected chi connectivity index (χ3v) is 2.91. The molecule has 0 unspecified atom stereocenters. The van der Waals surface area contributed by atoms with Gasteiger partial charge < -0.3 is 10.2 Å². The molecule has 18 heavy (non-hydrogen) atoms. The SMILES string of the molecule is CN(C)CC(=O)Nc1cc(S(N)(=O)=O)ccc1F. The highest BCUT2D eigenvalue weighted by Gasteiger charge is 2.13. The Morgan fingerprint density at radius 3 is 2.56 bits per heavy atom. The normalized spacial score (nSPS) is 11.6. The first-order valence-corrected chi connectivity index (χ1v) is 6.51. The van der Waals surface area contributed by atoms with E-state index >= 15 is 0 Å². The maximum absolute atomic E-state index is 13.4. The molecular formula is C10H14FN3O3S. The lowest BCUT2D eigenvalue weighted by atomic mass is 10.3. The third kappa shape index (κ3) is 4.06. The van der Waals surface area contributed by atoms with Crippen molar-refractivity contribution in [2.45, 2.75) is 4.90 Å². The van der Waals surface area contributed by atoms with Gasteiger partial charge in [-0.3, -0.25) is 4.79 Å². The fourth-order valence-electron chi connectivity index (χ4n) is 1.25. The molecule has 0 aromatic heterocycles. The number of carbonyl (C=O) groups excluding carboxylic acids is 1. The van der Waals surface area contributed by atoms with Gasteiger partial charge in [0.05, 0.1) is 17.1 Å². The van der Waals surface area contributed by atoms with E-state index < -0.39 is 21.7 Å². The van der Waals surface area contributed by atoms with E-state index in [0.717, 1.165) is 18.2 Å². The van der Waals surface area contributed by atoms with Gasteiger partial charge >= 0.3 is 0 Å². The van der Waals surface area contributed by atoms with Gasteiger partial charge in [0, 0.05) is 0 Å². The molecule has 0 aliphatic heterocycles. The molecule has 1 rings (SSSR count). The molecule has 8 heteroatoms. The molecule has 0 fully saturated rings. The first kappa shape index (κ1) is 14.6. The molecule has 0 atom stereocenters. The molecule has 3 N–H and O–H groups in total. The van der Waals surface area contributed by atoms with Crippen LogP contribution in [0.15, 0.2) is 23.1 Å². The number of rotatable bonds is 4. The second kappa shape index (κ2) is 5.42. The zero-order valence-electron chi connectivity index (χ0n) is 9.97. The fourth-order valence-corrected chi connectivity index (χ4v) is 1.79. The number of halogens is 1. The Labute approximate surface area is 105 Å². The summed E-state index contributed by atoms with van der Waals surface area (Å²) in [6.07, 6.45) is 0. The second-order valence-electron chi connectivity index (χ2n) is 3.97. The van der Waals surface area contributed by atoms with E-state index in [1.807, 2.05) is 0 Å². The molecular weight excluding hydrogens is 261 g/mol. The average Bonchev–Trinajstić information content (AvgIpc) is 2.18. The first-order chi connectivity index (χ1) is 8.20. The lowest BCUT2D eigenvalue weighted by Gasteiger charge is -2.11. The number of carbonyl (C=O) groups is 1. The molecule has 6 nitrogen and oxygen atoms in total. The number of hydrogen-bond acceptors (Lipinski definition) is 4. The van der Waals surface area contributed by atoms with E-state index in [1.165, 1.54) is 0 Å². The van der Waals surface area contributed by atoms with Crippen LogP contribution in [0.4, 0.5) is 10.1 Å². The van der Waals surface area contributed by atoms with Crippen molar-refractivity contribution in [3.05, 3.63) is 24.0 Å². The van der Waals surface area contributed by atoms with E-state index in [9.17, 15) is 17.6 Å². The van der Waals surface area contributed by atoms with Crippen LogP contribution in [0.3, 0.4) is 0 Å². The van der Waals surface area contributed by atoms with Gasteiger partial charge in [-0.2, -0.15) is 0 Å². The zero-order chi connectivity index (χ0) is 13.9. The lowest BCUT2D eigenvalue weighted by molar-refractivity contribution is -0.116. The maximum Gasteiger partial charge on any atom is 0.238 e. The Hall–Kier alpha value is -1.51. The van der Waals surface area contributed by atoms with Crippen LogP contribution in [0.25, 0.3) is 0 Å². The van der Waals surface area contributed by atoms with Crippen LogP contribution in [-0.2, 0) is 14.8 Å². The predicted molar refractivity (Wildman–Crippen MR) is 65.0 cm³/mol. The van der Waals surface area contributed by atoms with Crippen molar-refractivity contribution in [3.63, 3.8) is 0 Å². The summed E-state index contributed by atoms with van der Waals surface area (Å²) in [7, 11) is -0.575. The van der Waals surface area contributed by atoms with E-state index in [0.29, 0.717) is 0 Å². The highest BCUT2D eigenvalue weighted by Crippen LogP contribution is 2.18. The molecule has 0 spiro atoms.